The van der Waals surface area contributed by atoms with E-state index in [9.17, 15) is 14.0 Å². The summed E-state index contributed by atoms with van der Waals surface area (Å²) in [5.41, 5.74) is 2.68. The van der Waals surface area contributed by atoms with Gasteiger partial charge in [-0.15, -0.1) is 0 Å². The molecule has 0 bridgehead atoms. The van der Waals surface area contributed by atoms with Crippen LogP contribution in [0.3, 0.4) is 0 Å². The number of amides is 2. The molecule has 0 radical (unpaired) electrons. The van der Waals surface area contributed by atoms with Gasteiger partial charge in [-0.3, -0.25) is 9.59 Å². The number of halogens is 1. The summed E-state index contributed by atoms with van der Waals surface area (Å²) < 4.78 is 13.0. The van der Waals surface area contributed by atoms with Gasteiger partial charge in [-0.25, -0.2) is 4.39 Å². The smallest absolute Gasteiger partial charge is 0.227 e. The van der Waals surface area contributed by atoms with Crippen molar-refractivity contribution in [3.05, 3.63) is 65.5 Å². The molecule has 1 fully saturated rings. The minimum Gasteiger partial charge on any atom is -0.352 e. The fourth-order valence-electron chi connectivity index (χ4n) is 3.09. The molecule has 0 spiro atoms. The summed E-state index contributed by atoms with van der Waals surface area (Å²) in [5, 5.41) is 5.87. The Hall–Kier alpha value is -2.69. The molecule has 1 aliphatic rings. The second-order valence-corrected chi connectivity index (χ2v) is 7.22. The van der Waals surface area contributed by atoms with Crippen molar-refractivity contribution in [1.29, 1.82) is 0 Å². The fourth-order valence-corrected chi connectivity index (χ4v) is 3.09. The molecule has 1 aliphatic carbocycles. The van der Waals surface area contributed by atoms with Gasteiger partial charge in [0.2, 0.25) is 11.8 Å². The number of carbonyl (C=O) groups is 2. The van der Waals surface area contributed by atoms with Crippen LogP contribution in [0.5, 0.6) is 0 Å². The molecule has 5 heteroatoms. The lowest BCUT2D eigenvalue weighted by Gasteiger charge is -2.11. The summed E-state index contributed by atoms with van der Waals surface area (Å²) in [6.45, 7) is 4.29. The SMILES string of the molecule is CCC(C)C(=O)Nc1cccc(CNC(=O)C2CC2c2ccc(F)cc2)c1. The molecule has 2 aromatic carbocycles. The molecule has 3 atom stereocenters. The van der Waals surface area contributed by atoms with E-state index in [1.807, 2.05) is 38.1 Å². The summed E-state index contributed by atoms with van der Waals surface area (Å²) >= 11 is 0. The van der Waals surface area contributed by atoms with Gasteiger partial charge < -0.3 is 10.6 Å². The predicted octanol–water partition coefficient (Wildman–Crippen LogP) is 4.23. The molecule has 142 valence electrons. The third-order valence-corrected chi connectivity index (χ3v) is 5.15. The zero-order valence-electron chi connectivity index (χ0n) is 15.7. The maximum atomic E-state index is 13.0. The minimum atomic E-state index is -0.263. The molecule has 2 amide bonds. The summed E-state index contributed by atoms with van der Waals surface area (Å²) in [6, 6.07) is 13.9. The Morgan fingerprint density at radius 1 is 1.19 bits per heavy atom. The van der Waals surface area contributed by atoms with E-state index in [1.165, 1.54) is 12.1 Å². The van der Waals surface area contributed by atoms with E-state index in [0.717, 1.165) is 29.7 Å². The summed E-state index contributed by atoms with van der Waals surface area (Å²) in [4.78, 5) is 24.4. The Kier molecular flexibility index (Phi) is 5.89. The quantitative estimate of drug-likeness (QED) is 0.768. The van der Waals surface area contributed by atoms with Crippen molar-refractivity contribution in [2.45, 2.75) is 39.2 Å². The molecule has 3 rings (SSSR count). The van der Waals surface area contributed by atoms with Crippen LogP contribution in [-0.4, -0.2) is 11.8 Å². The molecule has 2 aromatic rings. The van der Waals surface area contributed by atoms with Crippen LogP contribution in [0, 0.1) is 17.7 Å². The van der Waals surface area contributed by atoms with Crippen molar-refractivity contribution < 1.29 is 14.0 Å². The van der Waals surface area contributed by atoms with E-state index >= 15 is 0 Å². The molecule has 2 N–H and O–H groups in total. The van der Waals surface area contributed by atoms with Crippen molar-refractivity contribution in [3.8, 4) is 0 Å². The van der Waals surface area contributed by atoms with Gasteiger partial charge in [-0.05, 0) is 54.2 Å². The lowest BCUT2D eigenvalue weighted by molar-refractivity contribution is -0.122. The summed E-state index contributed by atoms with van der Waals surface area (Å²) in [6.07, 6.45) is 1.58. The van der Waals surface area contributed by atoms with Crippen molar-refractivity contribution in [2.75, 3.05) is 5.32 Å². The maximum Gasteiger partial charge on any atom is 0.227 e. The van der Waals surface area contributed by atoms with Crippen LogP contribution in [0.25, 0.3) is 0 Å². The standard InChI is InChI=1S/C22H25FN2O2/c1-3-14(2)21(26)25-18-6-4-5-15(11-18)13-24-22(27)20-12-19(20)16-7-9-17(23)10-8-16/h4-11,14,19-20H,3,12-13H2,1-2H3,(H,24,27)(H,25,26). The zero-order chi connectivity index (χ0) is 19.4. The maximum absolute atomic E-state index is 13.0. The van der Waals surface area contributed by atoms with Crippen LogP contribution in [0.2, 0.25) is 0 Å². The van der Waals surface area contributed by atoms with Crippen LogP contribution in [0.4, 0.5) is 10.1 Å². The first kappa shape index (κ1) is 19.1. The average molecular weight is 368 g/mol. The number of hydrogen-bond donors (Lipinski definition) is 2. The van der Waals surface area contributed by atoms with Gasteiger partial charge in [0.25, 0.3) is 0 Å². The third kappa shape index (κ3) is 4.94. The highest BCUT2D eigenvalue weighted by atomic mass is 19.1. The van der Waals surface area contributed by atoms with Gasteiger partial charge in [0, 0.05) is 24.1 Å². The Bertz CT molecular complexity index is 819. The van der Waals surface area contributed by atoms with Gasteiger partial charge in [-0.2, -0.15) is 0 Å². The predicted molar refractivity (Wildman–Crippen MR) is 104 cm³/mol. The van der Waals surface area contributed by atoms with Crippen LogP contribution < -0.4 is 10.6 Å². The topological polar surface area (TPSA) is 58.2 Å². The lowest BCUT2D eigenvalue weighted by atomic mass is 10.1. The van der Waals surface area contributed by atoms with Crippen LogP contribution in [0.15, 0.2) is 48.5 Å². The summed E-state index contributed by atoms with van der Waals surface area (Å²) in [5.74, 6) is -0.167. The van der Waals surface area contributed by atoms with Gasteiger partial charge >= 0.3 is 0 Å². The first-order valence-corrected chi connectivity index (χ1v) is 9.41. The van der Waals surface area contributed by atoms with Crippen LogP contribution in [0.1, 0.15) is 43.7 Å². The van der Waals surface area contributed by atoms with Gasteiger partial charge in [0.1, 0.15) is 5.82 Å². The molecule has 0 aromatic heterocycles. The van der Waals surface area contributed by atoms with E-state index in [-0.39, 0.29) is 35.4 Å². The molecule has 0 saturated heterocycles. The van der Waals surface area contributed by atoms with E-state index in [0.29, 0.717) is 6.54 Å². The van der Waals surface area contributed by atoms with E-state index < -0.39 is 0 Å². The molecular weight excluding hydrogens is 343 g/mol. The lowest BCUT2D eigenvalue weighted by Crippen LogP contribution is -2.25. The second-order valence-electron chi connectivity index (χ2n) is 7.22. The van der Waals surface area contributed by atoms with E-state index in [4.69, 9.17) is 0 Å². The monoisotopic (exact) mass is 368 g/mol. The number of carbonyl (C=O) groups excluding carboxylic acids is 2. The number of benzene rings is 2. The van der Waals surface area contributed by atoms with Gasteiger partial charge in [-0.1, -0.05) is 38.1 Å². The molecular formula is C22H25FN2O2. The van der Waals surface area contributed by atoms with Crippen molar-refractivity contribution in [3.63, 3.8) is 0 Å². The largest absolute Gasteiger partial charge is 0.352 e. The molecule has 3 unspecified atom stereocenters. The molecule has 1 saturated carbocycles. The highest BCUT2D eigenvalue weighted by molar-refractivity contribution is 5.92. The highest BCUT2D eigenvalue weighted by Gasteiger charge is 2.43. The van der Waals surface area contributed by atoms with E-state index in [2.05, 4.69) is 10.6 Å². The number of rotatable bonds is 7. The number of anilines is 1. The van der Waals surface area contributed by atoms with Gasteiger partial charge in [0.05, 0.1) is 0 Å². The molecule has 27 heavy (non-hydrogen) atoms. The zero-order valence-corrected chi connectivity index (χ0v) is 15.7. The van der Waals surface area contributed by atoms with Crippen LogP contribution >= 0.6 is 0 Å². The number of nitrogens with one attached hydrogen (secondary N) is 2. The Morgan fingerprint density at radius 3 is 2.63 bits per heavy atom. The average Bonchev–Trinajstić information content (AvgIpc) is 3.47. The van der Waals surface area contributed by atoms with Gasteiger partial charge in [0.15, 0.2) is 0 Å². The number of hydrogen-bond acceptors (Lipinski definition) is 2. The van der Waals surface area contributed by atoms with Crippen molar-refractivity contribution in [1.82, 2.24) is 5.32 Å². The highest BCUT2D eigenvalue weighted by Crippen LogP contribution is 2.47. The van der Waals surface area contributed by atoms with E-state index in [1.54, 1.807) is 12.1 Å². The Morgan fingerprint density at radius 2 is 1.93 bits per heavy atom. The fraction of sp³-hybridized carbons (Fsp3) is 0.364. The Labute approximate surface area is 159 Å². The molecule has 0 heterocycles. The molecule has 0 aliphatic heterocycles. The second kappa shape index (κ2) is 8.33. The Balaban J connectivity index is 1.51. The molecule has 4 nitrogen and oxygen atoms in total. The first-order valence-electron chi connectivity index (χ1n) is 9.41. The van der Waals surface area contributed by atoms with Crippen molar-refractivity contribution in [2.24, 2.45) is 11.8 Å². The summed E-state index contributed by atoms with van der Waals surface area (Å²) in [7, 11) is 0. The minimum absolute atomic E-state index is 0.00111. The van der Waals surface area contributed by atoms with Crippen LogP contribution in [-0.2, 0) is 16.1 Å². The normalized spacial score (nSPS) is 19.2. The third-order valence-electron chi connectivity index (χ3n) is 5.15. The van der Waals surface area contributed by atoms with Crippen molar-refractivity contribution >= 4 is 17.5 Å². The first-order chi connectivity index (χ1) is 13.0.